The molecule has 26 heavy (non-hydrogen) atoms. The predicted molar refractivity (Wildman–Crippen MR) is 97.4 cm³/mol. The molecule has 2 fully saturated rings. The lowest BCUT2D eigenvalue weighted by Gasteiger charge is -2.34. The van der Waals surface area contributed by atoms with Crippen molar-refractivity contribution in [2.75, 3.05) is 31.5 Å². The first-order valence-corrected chi connectivity index (χ1v) is 9.80. The number of thioether (sulfide) groups is 1. The van der Waals surface area contributed by atoms with E-state index in [9.17, 15) is 18.4 Å². The average molecular weight is 383 g/mol. The molecule has 0 unspecified atom stereocenters. The molecule has 8 heteroatoms. The van der Waals surface area contributed by atoms with Crippen molar-refractivity contribution in [1.82, 2.24) is 9.80 Å². The standard InChI is InChI=1S/C18H23F2N3O2S/c19-17(20)26-15-5-3-4-14(12-15)21-16(24)13-6-10-23(11-7-13)18(25)22-8-1-2-9-22/h3-5,12-13,17H,1-2,6-11H2,(H,21,24). The second-order valence-corrected chi connectivity index (χ2v) is 7.70. The van der Waals surface area contributed by atoms with Crippen molar-refractivity contribution in [3.8, 4) is 0 Å². The molecule has 0 aromatic heterocycles. The van der Waals surface area contributed by atoms with E-state index in [0.29, 0.717) is 48.3 Å². The Labute approximate surface area is 156 Å². The Morgan fingerprint density at radius 3 is 2.38 bits per heavy atom. The molecule has 1 aromatic rings. The molecule has 1 N–H and O–H groups in total. The maximum absolute atomic E-state index is 12.5. The number of alkyl halides is 2. The highest BCUT2D eigenvalue weighted by molar-refractivity contribution is 7.99. The minimum Gasteiger partial charge on any atom is -0.326 e. The van der Waals surface area contributed by atoms with Crippen LogP contribution >= 0.6 is 11.8 Å². The number of anilines is 1. The summed E-state index contributed by atoms with van der Waals surface area (Å²) in [5.41, 5.74) is 0.524. The van der Waals surface area contributed by atoms with E-state index in [-0.39, 0.29) is 17.9 Å². The number of nitrogens with one attached hydrogen (secondary N) is 1. The molecule has 2 aliphatic heterocycles. The quantitative estimate of drug-likeness (QED) is 0.803. The van der Waals surface area contributed by atoms with Gasteiger partial charge in [-0.25, -0.2) is 4.79 Å². The number of halogens is 2. The van der Waals surface area contributed by atoms with Crippen LogP contribution in [0.1, 0.15) is 25.7 Å². The Bertz CT molecular complexity index is 645. The van der Waals surface area contributed by atoms with Gasteiger partial charge in [0.15, 0.2) is 0 Å². The van der Waals surface area contributed by atoms with E-state index in [1.54, 1.807) is 24.3 Å². The summed E-state index contributed by atoms with van der Waals surface area (Å²) in [5.74, 6) is -2.76. The van der Waals surface area contributed by atoms with Gasteiger partial charge in [0.1, 0.15) is 0 Å². The van der Waals surface area contributed by atoms with Crippen molar-refractivity contribution < 1.29 is 18.4 Å². The molecule has 1 aromatic carbocycles. The normalized spacial score (nSPS) is 18.4. The summed E-state index contributed by atoms with van der Waals surface area (Å²) < 4.78 is 24.9. The Morgan fingerprint density at radius 1 is 1.08 bits per heavy atom. The van der Waals surface area contributed by atoms with Gasteiger partial charge in [-0.3, -0.25) is 4.79 Å². The van der Waals surface area contributed by atoms with Crippen LogP contribution < -0.4 is 5.32 Å². The summed E-state index contributed by atoms with van der Waals surface area (Å²) in [4.78, 5) is 29.0. The number of hydrogen-bond donors (Lipinski definition) is 1. The van der Waals surface area contributed by atoms with Gasteiger partial charge in [-0.2, -0.15) is 8.78 Å². The zero-order valence-electron chi connectivity index (χ0n) is 14.5. The van der Waals surface area contributed by atoms with Gasteiger partial charge in [0.2, 0.25) is 5.91 Å². The zero-order chi connectivity index (χ0) is 18.5. The highest BCUT2D eigenvalue weighted by Crippen LogP contribution is 2.28. The Kier molecular flexibility index (Phi) is 6.34. The number of piperidine rings is 1. The lowest BCUT2D eigenvalue weighted by Crippen LogP contribution is -2.47. The molecular formula is C18H23F2N3O2S. The van der Waals surface area contributed by atoms with Crippen molar-refractivity contribution in [3.63, 3.8) is 0 Å². The molecule has 0 aliphatic carbocycles. The highest BCUT2D eigenvalue weighted by Gasteiger charge is 2.30. The molecule has 3 amide bonds. The fourth-order valence-electron chi connectivity index (χ4n) is 3.44. The van der Waals surface area contributed by atoms with Crippen LogP contribution in [0.2, 0.25) is 0 Å². The van der Waals surface area contributed by atoms with Crippen LogP contribution in [0.5, 0.6) is 0 Å². The summed E-state index contributed by atoms with van der Waals surface area (Å²) >= 11 is 0.457. The van der Waals surface area contributed by atoms with Gasteiger partial charge in [-0.1, -0.05) is 17.8 Å². The van der Waals surface area contributed by atoms with Gasteiger partial charge in [0.25, 0.3) is 5.76 Å². The van der Waals surface area contributed by atoms with Crippen LogP contribution in [-0.4, -0.2) is 53.7 Å². The fourth-order valence-corrected chi connectivity index (χ4v) is 3.99. The van der Waals surface area contributed by atoms with E-state index in [1.807, 2.05) is 9.80 Å². The number of urea groups is 1. The first-order chi connectivity index (χ1) is 12.5. The van der Waals surface area contributed by atoms with Crippen molar-refractivity contribution >= 4 is 29.4 Å². The summed E-state index contributed by atoms with van der Waals surface area (Å²) in [6.07, 6.45) is 3.37. The van der Waals surface area contributed by atoms with E-state index in [2.05, 4.69) is 5.32 Å². The molecule has 0 radical (unpaired) electrons. The van der Waals surface area contributed by atoms with E-state index in [4.69, 9.17) is 0 Å². The smallest absolute Gasteiger partial charge is 0.319 e. The number of rotatable bonds is 4. The van der Waals surface area contributed by atoms with Gasteiger partial charge in [-0.05, 0) is 43.9 Å². The topological polar surface area (TPSA) is 52.7 Å². The third-order valence-corrected chi connectivity index (χ3v) is 5.54. The van der Waals surface area contributed by atoms with Crippen LogP contribution in [0, 0.1) is 5.92 Å². The molecule has 2 heterocycles. The number of benzene rings is 1. The first kappa shape index (κ1) is 18.9. The fraction of sp³-hybridized carbons (Fsp3) is 0.556. The third kappa shape index (κ3) is 4.87. The largest absolute Gasteiger partial charge is 0.326 e. The summed E-state index contributed by atoms with van der Waals surface area (Å²) in [7, 11) is 0. The van der Waals surface area contributed by atoms with E-state index >= 15 is 0 Å². The maximum atomic E-state index is 12.5. The molecular weight excluding hydrogens is 360 g/mol. The lowest BCUT2D eigenvalue weighted by molar-refractivity contribution is -0.121. The van der Waals surface area contributed by atoms with E-state index < -0.39 is 5.76 Å². The molecule has 2 saturated heterocycles. The minimum atomic E-state index is -2.49. The van der Waals surface area contributed by atoms with Gasteiger partial charge in [-0.15, -0.1) is 0 Å². The number of carbonyl (C=O) groups is 2. The second kappa shape index (κ2) is 8.70. The van der Waals surface area contributed by atoms with Crippen molar-refractivity contribution in [2.24, 2.45) is 5.92 Å². The van der Waals surface area contributed by atoms with Crippen LogP contribution in [0.4, 0.5) is 19.3 Å². The number of amides is 3. The first-order valence-electron chi connectivity index (χ1n) is 8.92. The molecule has 0 saturated carbocycles. The van der Waals surface area contributed by atoms with Crippen LogP contribution in [0.3, 0.4) is 0 Å². The summed E-state index contributed by atoms with van der Waals surface area (Å²) in [6, 6.07) is 6.57. The van der Waals surface area contributed by atoms with Gasteiger partial charge in [0.05, 0.1) is 0 Å². The number of hydrogen-bond acceptors (Lipinski definition) is 3. The summed E-state index contributed by atoms with van der Waals surface area (Å²) in [5, 5.41) is 2.81. The molecule has 0 spiro atoms. The van der Waals surface area contributed by atoms with Gasteiger partial charge < -0.3 is 15.1 Å². The minimum absolute atomic E-state index is 0.0816. The monoisotopic (exact) mass is 383 g/mol. The second-order valence-electron chi connectivity index (χ2n) is 6.63. The Morgan fingerprint density at radius 2 is 1.73 bits per heavy atom. The summed E-state index contributed by atoms with van der Waals surface area (Å²) in [6.45, 7) is 2.81. The molecule has 3 rings (SSSR count). The van der Waals surface area contributed by atoms with Crippen LogP contribution in [0.25, 0.3) is 0 Å². The number of likely N-dealkylation sites (tertiary alicyclic amines) is 2. The van der Waals surface area contributed by atoms with Crippen LogP contribution in [-0.2, 0) is 4.79 Å². The molecule has 5 nitrogen and oxygen atoms in total. The van der Waals surface area contributed by atoms with Crippen molar-refractivity contribution in [2.45, 2.75) is 36.3 Å². The van der Waals surface area contributed by atoms with E-state index in [1.165, 1.54) is 0 Å². The Hall–Kier alpha value is -1.83. The molecule has 142 valence electrons. The van der Waals surface area contributed by atoms with Crippen molar-refractivity contribution in [1.29, 1.82) is 0 Å². The Balaban J connectivity index is 1.50. The van der Waals surface area contributed by atoms with Gasteiger partial charge in [0, 0.05) is 42.7 Å². The third-order valence-electron chi connectivity index (χ3n) is 4.84. The van der Waals surface area contributed by atoms with Crippen molar-refractivity contribution in [3.05, 3.63) is 24.3 Å². The highest BCUT2D eigenvalue weighted by atomic mass is 32.2. The molecule has 0 bridgehead atoms. The molecule has 2 aliphatic rings. The number of nitrogens with zero attached hydrogens (tertiary/aromatic N) is 2. The molecule has 0 atom stereocenters. The SMILES string of the molecule is O=C(Nc1cccc(SC(F)F)c1)C1CCN(C(=O)N2CCCC2)CC1. The van der Waals surface area contributed by atoms with Crippen LogP contribution in [0.15, 0.2) is 29.2 Å². The average Bonchev–Trinajstić information content (AvgIpc) is 3.15. The predicted octanol–water partition coefficient (Wildman–Crippen LogP) is 3.87. The number of carbonyl (C=O) groups excluding carboxylic acids is 2. The lowest BCUT2D eigenvalue weighted by atomic mass is 9.96. The maximum Gasteiger partial charge on any atom is 0.319 e. The van der Waals surface area contributed by atoms with E-state index in [0.717, 1.165) is 25.9 Å². The van der Waals surface area contributed by atoms with Gasteiger partial charge >= 0.3 is 6.03 Å². The zero-order valence-corrected chi connectivity index (χ0v) is 15.3.